The maximum Gasteiger partial charge on any atom is 0.261 e. The average Bonchev–Trinajstić information content (AvgIpc) is 2.82. The molecule has 0 aliphatic rings. The van der Waals surface area contributed by atoms with Gasteiger partial charge in [0, 0.05) is 28.5 Å². The first kappa shape index (κ1) is 27.2. The molecule has 0 spiro atoms. The molecule has 0 aliphatic heterocycles. The zero-order valence-electron chi connectivity index (χ0n) is 19.5. The number of hydrogen-bond donors (Lipinski definition) is 1. The highest BCUT2D eigenvalue weighted by atomic mass is 79.9. The predicted octanol–water partition coefficient (Wildman–Crippen LogP) is 6.41. The van der Waals surface area contributed by atoms with Crippen molar-refractivity contribution in [2.75, 3.05) is 6.61 Å². The van der Waals surface area contributed by atoms with Crippen LogP contribution in [0.3, 0.4) is 0 Å². The number of carbonyl (C=O) groups is 2. The molecule has 1 N–H and O–H groups in total. The van der Waals surface area contributed by atoms with Crippen LogP contribution in [0, 0.1) is 0 Å². The molecule has 35 heavy (non-hydrogen) atoms. The Morgan fingerprint density at radius 1 is 0.971 bits per heavy atom. The van der Waals surface area contributed by atoms with Crippen molar-refractivity contribution < 1.29 is 14.3 Å². The van der Waals surface area contributed by atoms with Crippen LogP contribution in [0.4, 0.5) is 0 Å². The van der Waals surface area contributed by atoms with Crippen LogP contribution in [0.25, 0.3) is 0 Å². The molecule has 0 aliphatic carbocycles. The average molecular weight is 623 g/mol. The molecule has 1 atom stereocenters. The number of ether oxygens (including phenoxy) is 1. The maximum atomic E-state index is 13.6. The third-order valence-corrected chi connectivity index (χ3v) is 6.60. The summed E-state index contributed by atoms with van der Waals surface area (Å²) in [7, 11) is 0. The summed E-state index contributed by atoms with van der Waals surface area (Å²) in [5, 5.41) is 3.54. The van der Waals surface area contributed by atoms with E-state index in [1.165, 1.54) is 0 Å². The van der Waals surface area contributed by atoms with Crippen LogP contribution in [-0.4, -0.2) is 35.4 Å². The van der Waals surface area contributed by atoms with E-state index < -0.39 is 6.04 Å². The number of nitrogens with one attached hydrogen (secondary N) is 1. The second kappa shape index (κ2) is 13.1. The van der Waals surface area contributed by atoms with Crippen LogP contribution in [0.1, 0.15) is 25.0 Å². The standard InChI is InChI=1S/C27H27Br2ClN2O3/c1-18(2)31-27(34)24(14-19-6-4-3-5-7-19)32(16-20-8-10-21(28)11-9-20)26(33)17-35-25-13-12-22(30)15-23(25)29/h3-13,15,18,24H,14,16-17H2,1-2H3,(H,31,34)/t24-/m1/s1. The lowest BCUT2D eigenvalue weighted by atomic mass is 10.0. The molecule has 0 bridgehead atoms. The number of hydrogen-bond acceptors (Lipinski definition) is 3. The maximum absolute atomic E-state index is 13.6. The summed E-state index contributed by atoms with van der Waals surface area (Å²) < 4.78 is 7.40. The van der Waals surface area contributed by atoms with Gasteiger partial charge in [-0.3, -0.25) is 9.59 Å². The first-order chi connectivity index (χ1) is 16.7. The minimum atomic E-state index is -0.715. The molecule has 3 aromatic carbocycles. The monoisotopic (exact) mass is 620 g/mol. The molecule has 8 heteroatoms. The Morgan fingerprint density at radius 2 is 1.66 bits per heavy atom. The van der Waals surface area contributed by atoms with Gasteiger partial charge in [0.05, 0.1) is 4.47 Å². The molecule has 0 fully saturated rings. The van der Waals surface area contributed by atoms with Gasteiger partial charge in [-0.05, 0) is 71.2 Å². The van der Waals surface area contributed by atoms with E-state index in [0.717, 1.165) is 15.6 Å². The molecular formula is C27H27Br2ClN2O3. The second-order valence-corrected chi connectivity index (χ2v) is 10.6. The zero-order valence-corrected chi connectivity index (χ0v) is 23.4. The normalized spacial score (nSPS) is 11.7. The van der Waals surface area contributed by atoms with Gasteiger partial charge in [-0.15, -0.1) is 0 Å². The minimum absolute atomic E-state index is 0.0633. The smallest absolute Gasteiger partial charge is 0.261 e. The van der Waals surface area contributed by atoms with Crippen LogP contribution < -0.4 is 10.1 Å². The van der Waals surface area contributed by atoms with E-state index in [2.05, 4.69) is 37.2 Å². The number of amides is 2. The van der Waals surface area contributed by atoms with Crippen molar-refractivity contribution in [3.05, 3.63) is 97.9 Å². The molecule has 0 radical (unpaired) electrons. The largest absolute Gasteiger partial charge is 0.483 e. The van der Waals surface area contributed by atoms with Crippen LogP contribution in [0.2, 0.25) is 5.02 Å². The highest BCUT2D eigenvalue weighted by Gasteiger charge is 2.31. The summed E-state index contributed by atoms with van der Waals surface area (Å²) in [6.07, 6.45) is 0.381. The molecule has 0 aromatic heterocycles. The molecule has 3 aromatic rings. The Kier molecular flexibility index (Phi) is 10.2. The van der Waals surface area contributed by atoms with Gasteiger partial charge < -0.3 is 15.0 Å². The third-order valence-electron chi connectivity index (χ3n) is 5.21. The van der Waals surface area contributed by atoms with E-state index in [4.69, 9.17) is 16.3 Å². The Bertz CT molecular complexity index is 1140. The molecule has 0 unspecified atom stereocenters. The molecule has 0 saturated heterocycles. The molecule has 0 heterocycles. The van der Waals surface area contributed by atoms with Crippen molar-refractivity contribution in [2.24, 2.45) is 0 Å². The fraction of sp³-hybridized carbons (Fsp3) is 0.259. The molecule has 184 valence electrons. The van der Waals surface area contributed by atoms with E-state index >= 15 is 0 Å². The quantitative estimate of drug-likeness (QED) is 0.285. The van der Waals surface area contributed by atoms with Crippen LogP contribution in [0.5, 0.6) is 5.75 Å². The fourth-order valence-corrected chi connectivity index (χ4v) is 4.60. The predicted molar refractivity (Wildman–Crippen MR) is 147 cm³/mol. The third kappa shape index (κ3) is 8.37. The van der Waals surface area contributed by atoms with Crippen molar-refractivity contribution in [1.29, 1.82) is 0 Å². The highest BCUT2D eigenvalue weighted by molar-refractivity contribution is 9.10. The van der Waals surface area contributed by atoms with Gasteiger partial charge in [0.25, 0.3) is 5.91 Å². The van der Waals surface area contributed by atoms with Gasteiger partial charge in [0.1, 0.15) is 11.8 Å². The Hall–Kier alpha value is -2.35. The van der Waals surface area contributed by atoms with Gasteiger partial charge in [0.15, 0.2) is 6.61 Å². The fourth-order valence-electron chi connectivity index (χ4n) is 3.54. The van der Waals surface area contributed by atoms with E-state index in [-0.39, 0.29) is 31.0 Å². The highest BCUT2D eigenvalue weighted by Crippen LogP contribution is 2.28. The minimum Gasteiger partial charge on any atom is -0.483 e. The van der Waals surface area contributed by atoms with E-state index in [0.29, 0.717) is 21.7 Å². The van der Waals surface area contributed by atoms with Crippen LogP contribution >= 0.6 is 43.5 Å². The van der Waals surface area contributed by atoms with Gasteiger partial charge in [-0.2, -0.15) is 0 Å². The van der Waals surface area contributed by atoms with Crippen molar-refractivity contribution in [3.8, 4) is 5.75 Å². The summed E-state index contributed by atoms with van der Waals surface area (Å²) in [5.74, 6) is -0.00539. The number of benzene rings is 3. The van der Waals surface area contributed by atoms with Gasteiger partial charge in [-0.25, -0.2) is 0 Å². The lowest BCUT2D eigenvalue weighted by Crippen LogP contribution is -2.52. The first-order valence-corrected chi connectivity index (χ1v) is 13.2. The van der Waals surface area contributed by atoms with E-state index in [1.54, 1.807) is 23.1 Å². The zero-order chi connectivity index (χ0) is 25.4. The Labute approximate surface area is 228 Å². The molecule has 3 rings (SSSR count). The van der Waals surface area contributed by atoms with Crippen LogP contribution in [0.15, 0.2) is 81.7 Å². The van der Waals surface area contributed by atoms with E-state index in [9.17, 15) is 9.59 Å². The van der Waals surface area contributed by atoms with Crippen molar-refractivity contribution in [2.45, 2.75) is 38.9 Å². The number of halogens is 3. The van der Waals surface area contributed by atoms with Gasteiger partial charge in [-0.1, -0.05) is 70.0 Å². The summed E-state index contributed by atoms with van der Waals surface area (Å²) in [4.78, 5) is 28.5. The number of nitrogens with zero attached hydrogens (tertiary/aromatic N) is 1. The summed E-state index contributed by atoms with van der Waals surface area (Å²) in [5.41, 5.74) is 1.87. The summed E-state index contributed by atoms with van der Waals surface area (Å²) in [6, 6.07) is 21.7. The first-order valence-electron chi connectivity index (χ1n) is 11.2. The van der Waals surface area contributed by atoms with E-state index in [1.807, 2.05) is 68.4 Å². The SMILES string of the molecule is CC(C)NC(=O)[C@@H](Cc1ccccc1)N(Cc1ccc(Br)cc1)C(=O)COc1ccc(Cl)cc1Br. The lowest BCUT2D eigenvalue weighted by Gasteiger charge is -2.32. The summed E-state index contributed by atoms with van der Waals surface area (Å²) in [6.45, 7) is 3.84. The Balaban J connectivity index is 1.91. The topological polar surface area (TPSA) is 58.6 Å². The van der Waals surface area contributed by atoms with Crippen molar-refractivity contribution >= 4 is 55.3 Å². The van der Waals surface area contributed by atoms with Crippen LogP contribution in [-0.2, 0) is 22.6 Å². The Morgan fingerprint density at radius 3 is 2.29 bits per heavy atom. The van der Waals surface area contributed by atoms with Gasteiger partial charge >= 0.3 is 0 Å². The van der Waals surface area contributed by atoms with Crippen molar-refractivity contribution in [3.63, 3.8) is 0 Å². The summed E-state index contributed by atoms with van der Waals surface area (Å²) >= 11 is 12.9. The number of carbonyl (C=O) groups excluding carboxylic acids is 2. The van der Waals surface area contributed by atoms with Gasteiger partial charge in [0.2, 0.25) is 5.91 Å². The molecule has 0 saturated carbocycles. The molecule has 5 nitrogen and oxygen atoms in total. The second-order valence-electron chi connectivity index (χ2n) is 8.38. The molecule has 2 amide bonds. The molecular weight excluding hydrogens is 596 g/mol. The van der Waals surface area contributed by atoms with Crippen molar-refractivity contribution in [1.82, 2.24) is 10.2 Å². The number of rotatable bonds is 10. The lowest BCUT2D eigenvalue weighted by molar-refractivity contribution is -0.143.